The summed E-state index contributed by atoms with van der Waals surface area (Å²) in [4.78, 5) is 2.21. The first kappa shape index (κ1) is 14.4. The van der Waals surface area contributed by atoms with Crippen LogP contribution in [0.2, 0.25) is 0 Å². The third-order valence-corrected chi connectivity index (χ3v) is 4.05. The van der Waals surface area contributed by atoms with Gasteiger partial charge in [0.1, 0.15) is 5.82 Å². The van der Waals surface area contributed by atoms with E-state index in [-0.39, 0.29) is 24.0 Å². The van der Waals surface area contributed by atoms with Gasteiger partial charge in [0.25, 0.3) is 0 Å². The summed E-state index contributed by atoms with van der Waals surface area (Å²) in [6.07, 6.45) is 0.654. The van der Waals surface area contributed by atoms with Gasteiger partial charge in [0.05, 0.1) is 6.10 Å². The molecule has 3 nitrogen and oxygen atoms in total. The summed E-state index contributed by atoms with van der Waals surface area (Å²) in [6.45, 7) is 5.58. The number of nitrogens with two attached hydrogens (primary N) is 1. The molecule has 0 amide bonds. The molecule has 1 fully saturated rings. The quantitative estimate of drug-likeness (QED) is 0.878. The van der Waals surface area contributed by atoms with E-state index in [9.17, 15) is 9.50 Å². The van der Waals surface area contributed by atoms with Gasteiger partial charge in [0.2, 0.25) is 0 Å². The van der Waals surface area contributed by atoms with Crippen LogP contribution in [0.3, 0.4) is 0 Å². The van der Waals surface area contributed by atoms with E-state index in [1.54, 1.807) is 12.1 Å². The normalized spacial score (nSPS) is 28.1. The van der Waals surface area contributed by atoms with Crippen molar-refractivity contribution >= 4 is 0 Å². The number of likely N-dealkylation sites (tertiary alicyclic amines) is 1. The minimum atomic E-state index is -0.310. The van der Waals surface area contributed by atoms with Crippen LogP contribution in [-0.2, 0) is 0 Å². The Morgan fingerprint density at radius 3 is 2.53 bits per heavy atom. The lowest BCUT2D eigenvalue weighted by Gasteiger charge is -2.41. The largest absolute Gasteiger partial charge is 0.392 e. The van der Waals surface area contributed by atoms with Crippen molar-refractivity contribution in [2.75, 3.05) is 13.1 Å². The Kier molecular flexibility index (Phi) is 4.55. The Morgan fingerprint density at radius 1 is 1.37 bits per heavy atom. The molecule has 0 saturated carbocycles. The summed E-state index contributed by atoms with van der Waals surface area (Å²) >= 11 is 0. The lowest BCUT2D eigenvalue weighted by Crippen LogP contribution is -2.48. The molecule has 1 heterocycles. The lowest BCUT2D eigenvalue weighted by atomic mass is 9.91. The highest BCUT2D eigenvalue weighted by molar-refractivity contribution is 5.21. The standard InChI is InChI=1S/C15H23FN2O/c1-10-7-8-18(9-14(10)19)15(11(2)17)12-3-5-13(16)6-4-12/h3-6,10-11,14-15,19H,7-9,17H2,1-2H3. The number of rotatable bonds is 3. The maximum absolute atomic E-state index is 13.0. The highest BCUT2D eigenvalue weighted by atomic mass is 19.1. The summed E-state index contributed by atoms with van der Waals surface area (Å²) in [5.74, 6) is 0.0951. The number of hydrogen-bond acceptors (Lipinski definition) is 3. The fraction of sp³-hybridized carbons (Fsp3) is 0.600. The zero-order chi connectivity index (χ0) is 14.0. The van der Waals surface area contributed by atoms with E-state index in [1.165, 1.54) is 12.1 Å². The maximum atomic E-state index is 13.0. The molecule has 4 unspecified atom stereocenters. The van der Waals surface area contributed by atoms with Crippen molar-refractivity contribution < 1.29 is 9.50 Å². The van der Waals surface area contributed by atoms with Gasteiger partial charge >= 0.3 is 0 Å². The Labute approximate surface area is 114 Å². The van der Waals surface area contributed by atoms with Gasteiger partial charge in [-0.2, -0.15) is 0 Å². The number of piperidine rings is 1. The van der Waals surface area contributed by atoms with E-state index in [4.69, 9.17) is 5.73 Å². The van der Waals surface area contributed by atoms with Crippen LogP contribution in [0.1, 0.15) is 31.9 Å². The first-order valence-electron chi connectivity index (χ1n) is 6.92. The lowest BCUT2D eigenvalue weighted by molar-refractivity contribution is 0.00538. The van der Waals surface area contributed by atoms with Gasteiger partial charge in [-0.1, -0.05) is 19.1 Å². The molecule has 4 atom stereocenters. The summed E-state index contributed by atoms with van der Waals surface area (Å²) in [5.41, 5.74) is 7.11. The van der Waals surface area contributed by atoms with E-state index in [2.05, 4.69) is 11.8 Å². The molecule has 19 heavy (non-hydrogen) atoms. The van der Waals surface area contributed by atoms with Gasteiger partial charge in [-0.3, -0.25) is 4.90 Å². The molecule has 4 heteroatoms. The van der Waals surface area contributed by atoms with Crippen LogP contribution in [0.15, 0.2) is 24.3 Å². The second-order valence-electron chi connectivity index (χ2n) is 5.68. The van der Waals surface area contributed by atoms with Gasteiger partial charge in [-0.25, -0.2) is 4.39 Å². The van der Waals surface area contributed by atoms with Gasteiger partial charge < -0.3 is 10.8 Å². The average Bonchev–Trinajstić information content (AvgIpc) is 2.36. The number of hydrogen-bond donors (Lipinski definition) is 2. The predicted octanol–water partition coefficient (Wildman–Crippen LogP) is 1.92. The molecule has 0 aromatic heterocycles. The number of halogens is 1. The molecule has 1 aliphatic rings. The number of aliphatic hydroxyl groups excluding tert-OH is 1. The van der Waals surface area contributed by atoms with Crippen molar-refractivity contribution in [3.63, 3.8) is 0 Å². The molecular formula is C15H23FN2O. The highest BCUT2D eigenvalue weighted by Gasteiger charge is 2.31. The Hall–Kier alpha value is -0.970. The molecule has 1 aromatic carbocycles. The fourth-order valence-electron chi connectivity index (χ4n) is 2.83. The van der Waals surface area contributed by atoms with Crippen molar-refractivity contribution in [1.82, 2.24) is 4.90 Å². The molecule has 0 radical (unpaired) electrons. The summed E-state index contributed by atoms with van der Waals surface area (Å²) in [7, 11) is 0. The van der Waals surface area contributed by atoms with Crippen molar-refractivity contribution in [2.45, 2.75) is 38.5 Å². The van der Waals surface area contributed by atoms with E-state index in [0.717, 1.165) is 18.5 Å². The van der Waals surface area contributed by atoms with E-state index in [0.29, 0.717) is 12.5 Å². The fourth-order valence-corrected chi connectivity index (χ4v) is 2.83. The minimum absolute atomic E-state index is 0.0303. The molecule has 0 bridgehead atoms. The van der Waals surface area contributed by atoms with Gasteiger partial charge in [0.15, 0.2) is 0 Å². The molecular weight excluding hydrogens is 243 g/mol. The zero-order valence-electron chi connectivity index (χ0n) is 11.6. The van der Waals surface area contributed by atoms with E-state index < -0.39 is 0 Å². The molecule has 3 N–H and O–H groups in total. The van der Waals surface area contributed by atoms with E-state index >= 15 is 0 Å². The molecule has 1 saturated heterocycles. The summed E-state index contributed by atoms with van der Waals surface area (Å²) < 4.78 is 13.0. The van der Waals surface area contributed by atoms with Gasteiger partial charge in [-0.15, -0.1) is 0 Å². The minimum Gasteiger partial charge on any atom is -0.392 e. The monoisotopic (exact) mass is 266 g/mol. The van der Waals surface area contributed by atoms with Crippen LogP contribution < -0.4 is 5.73 Å². The molecule has 2 rings (SSSR count). The Balaban J connectivity index is 2.18. The SMILES string of the molecule is CC(N)C(c1ccc(F)cc1)N1CCC(C)C(O)C1. The van der Waals surface area contributed by atoms with Crippen LogP contribution in [-0.4, -0.2) is 35.2 Å². The van der Waals surface area contributed by atoms with Gasteiger partial charge in [0, 0.05) is 18.6 Å². The number of nitrogens with zero attached hydrogens (tertiary/aromatic N) is 1. The third kappa shape index (κ3) is 3.32. The van der Waals surface area contributed by atoms with Crippen LogP contribution in [0.25, 0.3) is 0 Å². The second kappa shape index (κ2) is 5.99. The van der Waals surface area contributed by atoms with E-state index in [1.807, 2.05) is 6.92 Å². The van der Waals surface area contributed by atoms with Crippen molar-refractivity contribution in [1.29, 1.82) is 0 Å². The predicted molar refractivity (Wildman–Crippen MR) is 74.2 cm³/mol. The first-order chi connectivity index (χ1) is 8.99. The third-order valence-electron chi connectivity index (χ3n) is 4.05. The molecule has 1 aliphatic heterocycles. The number of aliphatic hydroxyl groups is 1. The zero-order valence-corrected chi connectivity index (χ0v) is 11.6. The summed E-state index contributed by atoms with van der Waals surface area (Å²) in [6, 6.07) is 6.47. The van der Waals surface area contributed by atoms with Crippen molar-refractivity contribution in [3.05, 3.63) is 35.6 Å². The first-order valence-corrected chi connectivity index (χ1v) is 6.92. The molecule has 0 aliphatic carbocycles. The second-order valence-corrected chi connectivity index (χ2v) is 5.68. The number of β-amino-alcohol motifs (C(OH)–C–C–N with tert-alkyl or cyclic N) is 1. The van der Waals surface area contributed by atoms with Crippen molar-refractivity contribution in [2.24, 2.45) is 11.7 Å². The Bertz CT molecular complexity index is 407. The molecule has 1 aromatic rings. The van der Waals surface area contributed by atoms with Crippen LogP contribution in [0, 0.1) is 11.7 Å². The molecule has 106 valence electrons. The smallest absolute Gasteiger partial charge is 0.123 e. The maximum Gasteiger partial charge on any atom is 0.123 e. The highest BCUT2D eigenvalue weighted by Crippen LogP contribution is 2.29. The van der Waals surface area contributed by atoms with Gasteiger partial charge in [-0.05, 0) is 43.5 Å². The number of benzene rings is 1. The Morgan fingerprint density at radius 2 is 2.00 bits per heavy atom. The van der Waals surface area contributed by atoms with Crippen LogP contribution in [0.4, 0.5) is 4.39 Å². The van der Waals surface area contributed by atoms with Crippen LogP contribution >= 0.6 is 0 Å². The summed E-state index contributed by atoms with van der Waals surface area (Å²) in [5, 5.41) is 10.0. The molecule has 0 spiro atoms. The average molecular weight is 266 g/mol. The van der Waals surface area contributed by atoms with Crippen molar-refractivity contribution in [3.8, 4) is 0 Å². The topological polar surface area (TPSA) is 49.5 Å². The van der Waals surface area contributed by atoms with Crippen LogP contribution in [0.5, 0.6) is 0 Å².